The first-order valence-corrected chi connectivity index (χ1v) is 12.4. The van der Waals surface area contributed by atoms with E-state index in [1.165, 1.54) is 5.57 Å². The summed E-state index contributed by atoms with van der Waals surface area (Å²) in [6, 6.07) is 0. The number of cyclic esters (lactones) is 1. The molecule has 7 nitrogen and oxygen atoms in total. The number of primary amides is 1. The molecule has 0 spiro atoms. The second-order valence-corrected chi connectivity index (χ2v) is 10.3. The number of hydrogen-bond donors (Lipinski definition) is 2. The zero-order valence-electron chi connectivity index (χ0n) is 20.1. The van der Waals surface area contributed by atoms with E-state index in [0.29, 0.717) is 37.5 Å². The summed E-state index contributed by atoms with van der Waals surface area (Å²) in [5.74, 6) is -0.212. The van der Waals surface area contributed by atoms with Crippen molar-refractivity contribution in [3.8, 4) is 0 Å². The first-order chi connectivity index (χ1) is 15.6. The van der Waals surface area contributed by atoms with Gasteiger partial charge in [-0.15, -0.1) is 0 Å². The Balaban J connectivity index is 1.67. The van der Waals surface area contributed by atoms with Gasteiger partial charge in [0.2, 0.25) is 5.91 Å². The van der Waals surface area contributed by atoms with E-state index in [1.807, 2.05) is 6.92 Å². The molecule has 0 bridgehead atoms. The molecule has 3 rings (SSSR count). The van der Waals surface area contributed by atoms with Crippen LogP contribution in [0.3, 0.4) is 0 Å². The van der Waals surface area contributed by atoms with E-state index in [9.17, 15) is 19.5 Å². The van der Waals surface area contributed by atoms with Gasteiger partial charge in [0.1, 0.15) is 12.2 Å². The molecule has 3 aliphatic rings. The van der Waals surface area contributed by atoms with E-state index >= 15 is 0 Å². The number of rotatable bonds is 9. The summed E-state index contributed by atoms with van der Waals surface area (Å²) >= 11 is 0. The third-order valence-corrected chi connectivity index (χ3v) is 7.38. The molecule has 2 aliphatic carbocycles. The highest BCUT2D eigenvalue weighted by Gasteiger charge is 2.42. The lowest BCUT2D eigenvalue weighted by Crippen LogP contribution is -2.42. The molecule has 1 saturated heterocycles. The molecule has 0 aromatic carbocycles. The molecule has 1 unspecified atom stereocenters. The lowest BCUT2D eigenvalue weighted by atomic mass is 9.65. The second-order valence-electron chi connectivity index (χ2n) is 10.3. The maximum Gasteiger partial charge on any atom is 0.308 e. The highest BCUT2D eigenvalue weighted by molar-refractivity contribution is 5.74. The zero-order valence-corrected chi connectivity index (χ0v) is 20.1. The predicted molar refractivity (Wildman–Crippen MR) is 124 cm³/mol. The van der Waals surface area contributed by atoms with E-state index in [4.69, 9.17) is 15.2 Å². The fraction of sp³-hybridized carbons (Fsp3) is 0.731. The standard InChI is InChI=1S/C26H39NO6/c1-15-11-18-8-7-16(2)21(10-9-20-13-19(28)14-24(30)32-20)25(18)22(12-15)33-26(31)17(3)5-4-6-23(27)29/h7-8,11,15-17,19-22,25,28H,4-6,9-10,12-14H2,1-3H3,(H2,27,29)/t15-,16-,17-,19-,20?,21-,22+,25-/m1/s1. The van der Waals surface area contributed by atoms with Crippen LogP contribution in [0.1, 0.15) is 72.1 Å². The van der Waals surface area contributed by atoms with Crippen molar-refractivity contribution in [2.75, 3.05) is 0 Å². The zero-order chi connectivity index (χ0) is 24.1. The van der Waals surface area contributed by atoms with Crippen molar-refractivity contribution >= 4 is 17.8 Å². The Morgan fingerprint density at radius 1 is 1.27 bits per heavy atom. The van der Waals surface area contributed by atoms with Gasteiger partial charge in [-0.3, -0.25) is 14.4 Å². The molecule has 7 heteroatoms. The SMILES string of the molecule is C[C@@H]1C=C2C=C[C@@H](C)[C@@H](CCC3C[C@@H](O)CC(=O)O3)[C@@H]2[C@@H](OC(=O)[C@H](C)CCCC(N)=O)C1. The third kappa shape index (κ3) is 6.92. The van der Waals surface area contributed by atoms with Crippen LogP contribution < -0.4 is 5.73 Å². The van der Waals surface area contributed by atoms with Gasteiger partial charge in [-0.25, -0.2) is 0 Å². The Labute approximate surface area is 196 Å². The number of amides is 1. The van der Waals surface area contributed by atoms with E-state index in [0.717, 1.165) is 12.8 Å². The molecule has 0 saturated carbocycles. The van der Waals surface area contributed by atoms with Crippen LogP contribution in [0.2, 0.25) is 0 Å². The normalized spacial score (nSPS) is 34.6. The molecular formula is C26H39NO6. The highest BCUT2D eigenvalue weighted by Crippen LogP contribution is 2.45. The van der Waals surface area contributed by atoms with Crippen molar-refractivity contribution in [2.45, 2.75) is 90.4 Å². The van der Waals surface area contributed by atoms with Crippen LogP contribution in [0, 0.1) is 29.6 Å². The Hall–Kier alpha value is -2.15. The Kier molecular flexibility index (Phi) is 8.74. The van der Waals surface area contributed by atoms with Crippen LogP contribution in [-0.4, -0.2) is 41.3 Å². The number of hydrogen-bond acceptors (Lipinski definition) is 6. The highest BCUT2D eigenvalue weighted by atomic mass is 16.5. The largest absolute Gasteiger partial charge is 0.462 e. The number of fused-ring (bicyclic) bond motifs is 1. The monoisotopic (exact) mass is 461 g/mol. The number of aliphatic hydroxyl groups is 1. The van der Waals surface area contributed by atoms with Crippen molar-refractivity contribution < 1.29 is 29.0 Å². The van der Waals surface area contributed by atoms with Crippen molar-refractivity contribution in [1.29, 1.82) is 0 Å². The van der Waals surface area contributed by atoms with Crippen LogP contribution >= 0.6 is 0 Å². The van der Waals surface area contributed by atoms with Crippen molar-refractivity contribution in [3.05, 3.63) is 23.8 Å². The third-order valence-electron chi connectivity index (χ3n) is 7.38. The Bertz CT molecular complexity index is 790. The Morgan fingerprint density at radius 2 is 2.03 bits per heavy atom. The molecule has 1 fully saturated rings. The molecule has 184 valence electrons. The van der Waals surface area contributed by atoms with Gasteiger partial charge in [0, 0.05) is 18.8 Å². The molecule has 1 aliphatic heterocycles. The minimum Gasteiger partial charge on any atom is -0.462 e. The summed E-state index contributed by atoms with van der Waals surface area (Å²) in [5.41, 5.74) is 6.43. The number of carbonyl (C=O) groups excluding carboxylic acids is 3. The minimum atomic E-state index is -0.629. The maximum absolute atomic E-state index is 12.9. The minimum absolute atomic E-state index is 0.0715. The van der Waals surface area contributed by atoms with Gasteiger partial charge in [-0.05, 0) is 55.4 Å². The number of carbonyl (C=O) groups is 3. The quantitative estimate of drug-likeness (QED) is 0.508. The van der Waals surface area contributed by atoms with Gasteiger partial charge in [0.15, 0.2) is 0 Å². The van der Waals surface area contributed by atoms with Crippen molar-refractivity contribution in [3.63, 3.8) is 0 Å². The van der Waals surface area contributed by atoms with Gasteiger partial charge in [0.05, 0.1) is 18.4 Å². The molecule has 0 aromatic rings. The summed E-state index contributed by atoms with van der Waals surface area (Å²) in [6.07, 6.45) is 9.86. The topological polar surface area (TPSA) is 116 Å². The first-order valence-electron chi connectivity index (χ1n) is 12.4. The fourth-order valence-corrected chi connectivity index (χ4v) is 5.60. The maximum atomic E-state index is 12.9. The molecular weight excluding hydrogens is 422 g/mol. The average molecular weight is 462 g/mol. The molecule has 8 atom stereocenters. The van der Waals surface area contributed by atoms with Crippen molar-refractivity contribution in [1.82, 2.24) is 0 Å². The molecule has 1 amide bonds. The summed E-state index contributed by atoms with van der Waals surface area (Å²) in [5, 5.41) is 9.94. The lowest BCUT2D eigenvalue weighted by molar-refractivity contribution is -0.162. The second kappa shape index (κ2) is 11.3. The van der Waals surface area contributed by atoms with Crippen LogP contribution in [0.25, 0.3) is 0 Å². The van der Waals surface area contributed by atoms with Gasteiger partial charge < -0.3 is 20.3 Å². The summed E-state index contributed by atoms with van der Waals surface area (Å²) < 4.78 is 11.6. The number of nitrogens with two attached hydrogens (primary N) is 1. The number of aliphatic hydroxyl groups excluding tert-OH is 1. The van der Waals surface area contributed by atoms with E-state index in [1.54, 1.807) is 0 Å². The number of ether oxygens (including phenoxy) is 2. The summed E-state index contributed by atoms with van der Waals surface area (Å²) in [7, 11) is 0. The molecule has 0 aromatic heterocycles. The average Bonchev–Trinajstić information content (AvgIpc) is 2.72. The van der Waals surface area contributed by atoms with Crippen LogP contribution in [0.4, 0.5) is 0 Å². The summed E-state index contributed by atoms with van der Waals surface area (Å²) in [4.78, 5) is 35.6. The van der Waals surface area contributed by atoms with Gasteiger partial charge in [0.25, 0.3) is 0 Å². The first kappa shape index (κ1) is 25.5. The van der Waals surface area contributed by atoms with Crippen LogP contribution in [0.15, 0.2) is 23.8 Å². The number of esters is 2. The van der Waals surface area contributed by atoms with Crippen molar-refractivity contribution in [2.24, 2.45) is 35.3 Å². The van der Waals surface area contributed by atoms with Crippen LogP contribution in [0.5, 0.6) is 0 Å². The van der Waals surface area contributed by atoms with E-state index in [-0.39, 0.29) is 60.6 Å². The van der Waals surface area contributed by atoms with E-state index < -0.39 is 6.10 Å². The smallest absolute Gasteiger partial charge is 0.308 e. The Morgan fingerprint density at radius 3 is 2.73 bits per heavy atom. The van der Waals surface area contributed by atoms with Crippen LogP contribution in [-0.2, 0) is 23.9 Å². The van der Waals surface area contributed by atoms with Gasteiger partial charge in [-0.2, -0.15) is 0 Å². The van der Waals surface area contributed by atoms with E-state index in [2.05, 4.69) is 32.1 Å². The fourth-order valence-electron chi connectivity index (χ4n) is 5.60. The lowest BCUT2D eigenvalue weighted by Gasteiger charge is -2.43. The predicted octanol–water partition coefficient (Wildman–Crippen LogP) is 3.44. The van der Waals surface area contributed by atoms with Gasteiger partial charge >= 0.3 is 11.9 Å². The summed E-state index contributed by atoms with van der Waals surface area (Å²) in [6.45, 7) is 6.17. The van der Waals surface area contributed by atoms with Gasteiger partial charge in [-0.1, -0.05) is 39.0 Å². The number of allylic oxidation sites excluding steroid dienone is 3. The molecule has 3 N–H and O–H groups in total. The molecule has 33 heavy (non-hydrogen) atoms. The molecule has 0 radical (unpaired) electrons. The molecule has 1 heterocycles.